The zero-order chi connectivity index (χ0) is 18.4. The van der Waals surface area contributed by atoms with Crippen molar-refractivity contribution < 1.29 is 17.2 Å². The van der Waals surface area contributed by atoms with Crippen molar-refractivity contribution in [1.29, 1.82) is 0 Å². The summed E-state index contributed by atoms with van der Waals surface area (Å²) in [5.41, 5.74) is 0.427. The Morgan fingerprint density at radius 1 is 1.20 bits per heavy atom. The third kappa shape index (κ3) is 3.13. The number of nitrogens with zero attached hydrogens (tertiary/aromatic N) is 3. The number of sulfone groups is 1. The van der Waals surface area contributed by atoms with Crippen LogP contribution in [0.15, 0.2) is 35.4 Å². The van der Waals surface area contributed by atoms with E-state index in [9.17, 15) is 17.2 Å². The highest BCUT2D eigenvalue weighted by molar-refractivity contribution is 7.90. The van der Waals surface area contributed by atoms with Gasteiger partial charge in [0.2, 0.25) is 0 Å². The molecule has 1 unspecified atom stereocenters. The molecule has 132 valence electrons. The number of aromatic nitrogens is 3. The summed E-state index contributed by atoms with van der Waals surface area (Å²) in [5, 5.41) is 4.31. The monoisotopic (exact) mass is 365 g/mol. The second-order valence-corrected chi connectivity index (χ2v) is 8.03. The molecule has 0 saturated carbocycles. The summed E-state index contributed by atoms with van der Waals surface area (Å²) in [6.45, 7) is 4.00. The average molecular weight is 365 g/mol. The highest BCUT2D eigenvalue weighted by atomic mass is 32.2. The Morgan fingerprint density at radius 3 is 2.40 bits per heavy atom. The van der Waals surface area contributed by atoms with Crippen molar-refractivity contribution in [3.8, 4) is 11.3 Å². The van der Waals surface area contributed by atoms with Gasteiger partial charge in [0.05, 0.1) is 27.9 Å². The van der Waals surface area contributed by atoms with Crippen LogP contribution in [-0.2, 0) is 9.84 Å². The summed E-state index contributed by atoms with van der Waals surface area (Å²) in [6, 6.07) is 4.77. The smallest absolute Gasteiger partial charge is 0.175 e. The average Bonchev–Trinajstić information content (AvgIpc) is 2.96. The Hall–Kier alpha value is -2.35. The SMILES string of the molecule is CCC(C)c1ncc2ccc(-c3c(F)cc(S(C)(=O)=O)cc3F)nn12. The molecule has 2 heterocycles. The fourth-order valence-corrected chi connectivity index (χ4v) is 3.20. The molecule has 0 N–H and O–H groups in total. The van der Waals surface area contributed by atoms with Crippen molar-refractivity contribution in [2.45, 2.75) is 31.1 Å². The molecule has 5 nitrogen and oxygen atoms in total. The van der Waals surface area contributed by atoms with Gasteiger partial charge in [0.25, 0.3) is 0 Å². The predicted molar refractivity (Wildman–Crippen MR) is 90.2 cm³/mol. The predicted octanol–water partition coefficient (Wildman–Crippen LogP) is 3.59. The zero-order valence-corrected chi connectivity index (χ0v) is 14.8. The Kier molecular flexibility index (Phi) is 4.32. The summed E-state index contributed by atoms with van der Waals surface area (Å²) < 4.78 is 53.4. The second kappa shape index (κ2) is 6.18. The van der Waals surface area contributed by atoms with Crippen LogP contribution in [0.3, 0.4) is 0 Å². The number of hydrogen-bond donors (Lipinski definition) is 0. The quantitative estimate of drug-likeness (QED) is 0.709. The Morgan fingerprint density at radius 2 is 1.84 bits per heavy atom. The summed E-state index contributed by atoms with van der Waals surface area (Å²) in [6.07, 6.45) is 3.39. The molecule has 0 aliphatic rings. The standard InChI is InChI=1S/C17H17F2N3O2S/c1-4-10(2)17-20-9-11-5-6-15(21-22(11)17)16-13(18)7-12(8-14(16)19)25(3,23)24/h5-10H,4H2,1-3H3. The number of imidazole rings is 1. The molecular weight excluding hydrogens is 348 g/mol. The number of fused-ring (bicyclic) bond motifs is 1. The molecule has 1 atom stereocenters. The summed E-state index contributed by atoms with van der Waals surface area (Å²) in [4.78, 5) is 3.92. The van der Waals surface area contributed by atoms with Gasteiger partial charge in [-0.15, -0.1) is 0 Å². The van der Waals surface area contributed by atoms with Gasteiger partial charge in [0, 0.05) is 12.2 Å². The van der Waals surface area contributed by atoms with Gasteiger partial charge in [-0.3, -0.25) is 0 Å². The highest BCUT2D eigenvalue weighted by Crippen LogP contribution is 2.28. The first-order chi connectivity index (χ1) is 11.7. The maximum absolute atomic E-state index is 14.4. The normalized spacial score (nSPS) is 13.3. The number of halogens is 2. The van der Waals surface area contributed by atoms with Crippen LogP contribution in [0, 0.1) is 11.6 Å². The molecule has 3 aromatic rings. The third-order valence-electron chi connectivity index (χ3n) is 4.16. The van der Waals surface area contributed by atoms with Crippen molar-refractivity contribution >= 4 is 15.4 Å². The Bertz CT molecular complexity index is 1040. The molecule has 8 heteroatoms. The van der Waals surface area contributed by atoms with E-state index in [-0.39, 0.29) is 17.2 Å². The molecule has 1 aromatic carbocycles. The summed E-state index contributed by atoms with van der Waals surface area (Å²) >= 11 is 0. The zero-order valence-electron chi connectivity index (χ0n) is 14.0. The fraction of sp³-hybridized carbons (Fsp3) is 0.294. The minimum absolute atomic E-state index is 0.0742. The van der Waals surface area contributed by atoms with Crippen molar-refractivity contribution in [3.05, 3.63) is 47.9 Å². The van der Waals surface area contributed by atoms with Crippen molar-refractivity contribution in [2.24, 2.45) is 0 Å². The summed E-state index contributed by atoms with van der Waals surface area (Å²) in [5.74, 6) is -1.12. The van der Waals surface area contributed by atoms with E-state index in [2.05, 4.69) is 10.1 Å². The molecule has 0 saturated heterocycles. The lowest BCUT2D eigenvalue weighted by Gasteiger charge is -2.10. The Balaban J connectivity index is 2.20. The van der Waals surface area contributed by atoms with Crippen LogP contribution in [0.4, 0.5) is 8.78 Å². The maximum atomic E-state index is 14.4. The first-order valence-corrected chi connectivity index (χ1v) is 9.65. The topological polar surface area (TPSA) is 64.3 Å². The van der Waals surface area contributed by atoms with E-state index in [1.165, 1.54) is 6.07 Å². The van der Waals surface area contributed by atoms with E-state index in [1.807, 2.05) is 13.8 Å². The molecule has 0 aliphatic heterocycles. The molecule has 0 amide bonds. The number of rotatable bonds is 4. The minimum atomic E-state index is -3.71. The van der Waals surface area contributed by atoms with Gasteiger partial charge in [-0.25, -0.2) is 26.7 Å². The molecule has 3 rings (SSSR count). The van der Waals surface area contributed by atoms with E-state index in [0.29, 0.717) is 11.3 Å². The van der Waals surface area contributed by atoms with E-state index in [4.69, 9.17) is 0 Å². The van der Waals surface area contributed by atoms with E-state index < -0.39 is 26.4 Å². The van der Waals surface area contributed by atoms with Gasteiger partial charge in [-0.1, -0.05) is 13.8 Å². The van der Waals surface area contributed by atoms with Gasteiger partial charge in [0.1, 0.15) is 17.5 Å². The van der Waals surface area contributed by atoms with E-state index >= 15 is 0 Å². The van der Waals surface area contributed by atoms with Gasteiger partial charge in [-0.05, 0) is 30.7 Å². The minimum Gasteiger partial charge on any atom is -0.239 e. The second-order valence-electron chi connectivity index (χ2n) is 6.02. The van der Waals surface area contributed by atoms with Crippen LogP contribution in [0.1, 0.15) is 32.0 Å². The van der Waals surface area contributed by atoms with Crippen LogP contribution in [0.5, 0.6) is 0 Å². The molecule has 2 aromatic heterocycles. The lowest BCUT2D eigenvalue weighted by Crippen LogP contribution is -2.06. The largest absolute Gasteiger partial charge is 0.239 e. The lowest BCUT2D eigenvalue weighted by molar-refractivity contribution is 0.572. The van der Waals surface area contributed by atoms with Gasteiger partial charge in [0.15, 0.2) is 9.84 Å². The van der Waals surface area contributed by atoms with Crippen LogP contribution in [-0.4, -0.2) is 29.3 Å². The maximum Gasteiger partial charge on any atom is 0.175 e. The van der Waals surface area contributed by atoms with Crippen LogP contribution >= 0.6 is 0 Å². The first kappa shape index (κ1) is 17.5. The molecular formula is C17H17F2N3O2S. The Labute approximate surface area is 144 Å². The van der Waals surface area contributed by atoms with Gasteiger partial charge >= 0.3 is 0 Å². The number of benzene rings is 1. The van der Waals surface area contributed by atoms with Crippen LogP contribution in [0.25, 0.3) is 16.8 Å². The van der Waals surface area contributed by atoms with Crippen LogP contribution in [0.2, 0.25) is 0 Å². The van der Waals surface area contributed by atoms with Crippen molar-refractivity contribution in [3.63, 3.8) is 0 Å². The van der Waals surface area contributed by atoms with E-state index in [0.717, 1.165) is 24.8 Å². The fourth-order valence-electron chi connectivity index (χ4n) is 2.56. The number of hydrogen-bond acceptors (Lipinski definition) is 4. The van der Waals surface area contributed by atoms with E-state index in [1.54, 1.807) is 16.8 Å². The summed E-state index contributed by atoms with van der Waals surface area (Å²) in [7, 11) is -3.71. The van der Waals surface area contributed by atoms with Crippen molar-refractivity contribution in [1.82, 2.24) is 14.6 Å². The van der Waals surface area contributed by atoms with Crippen molar-refractivity contribution in [2.75, 3.05) is 6.26 Å². The molecule has 0 fully saturated rings. The molecule has 0 aliphatic carbocycles. The first-order valence-electron chi connectivity index (χ1n) is 7.76. The molecule has 0 radical (unpaired) electrons. The van der Waals surface area contributed by atoms with Gasteiger partial charge in [-0.2, -0.15) is 5.10 Å². The third-order valence-corrected chi connectivity index (χ3v) is 5.26. The molecule has 0 spiro atoms. The highest BCUT2D eigenvalue weighted by Gasteiger charge is 2.20. The molecule has 25 heavy (non-hydrogen) atoms. The molecule has 0 bridgehead atoms. The van der Waals surface area contributed by atoms with Gasteiger partial charge < -0.3 is 0 Å². The van der Waals surface area contributed by atoms with Crippen LogP contribution < -0.4 is 0 Å². The lowest BCUT2D eigenvalue weighted by atomic mass is 10.1.